The average Bonchev–Trinajstić information content (AvgIpc) is 3.16. The third kappa shape index (κ3) is 2.90. The van der Waals surface area contributed by atoms with E-state index in [0.29, 0.717) is 6.42 Å². The van der Waals surface area contributed by atoms with Crippen LogP contribution < -0.4 is 5.32 Å². The van der Waals surface area contributed by atoms with Crippen LogP contribution in [-0.4, -0.2) is 15.3 Å². The van der Waals surface area contributed by atoms with E-state index in [2.05, 4.69) is 59.3 Å². The highest BCUT2D eigenvalue weighted by molar-refractivity contribution is 6.01. The molecule has 1 aliphatic carbocycles. The van der Waals surface area contributed by atoms with E-state index in [9.17, 15) is 4.79 Å². The summed E-state index contributed by atoms with van der Waals surface area (Å²) in [5.74, 6) is 1.22. The SMILES string of the molecule is Cc1ccc([C@H]2CC(=O)C3=C(C2)Nc2nc4ccccc4n2[C@@H]3c2ccccc2)cc1. The van der Waals surface area contributed by atoms with Gasteiger partial charge in [0.25, 0.3) is 0 Å². The molecule has 0 saturated heterocycles. The van der Waals surface area contributed by atoms with Crippen LogP contribution in [0.3, 0.4) is 0 Å². The van der Waals surface area contributed by atoms with Gasteiger partial charge in [-0.3, -0.25) is 9.36 Å². The molecule has 31 heavy (non-hydrogen) atoms. The minimum Gasteiger partial charge on any atom is -0.329 e. The Morgan fingerprint density at radius 2 is 1.61 bits per heavy atom. The number of hydrogen-bond acceptors (Lipinski definition) is 3. The Morgan fingerprint density at radius 3 is 2.42 bits per heavy atom. The molecule has 4 nitrogen and oxygen atoms in total. The zero-order valence-electron chi connectivity index (χ0n) is 17.4. The fourth-order valence-corrected chi connectivity index (χ4v) is 5.05. The highest BCUT2D eigenvalue weighted by atomic mass is 16.1. The predicted octanol–water partition coefficient (Wildman–Crippen LogP) is 5.76. The standard InChI is InChI=1S/C27H23N3O/c1-17-11-13-18(14-12-17)20-15-22-25(24(31)16-20)26(19-7-3-2-4-8-19)30-23-10-6-5-9-21(23)28-27(30)29-22/h2-14,20,26H,15-16H2,1H3,(H,28,29)/t20-,26-/m1/s1. The Hall–Kier alpha value is -3.66. The second-order valence-electron chi connectivity index (χ2n) is 8.56. The van der Waals surface area contributed by atoms with Crippen LogP contribution in [0, 0.1) is 6.92 Å². The van der Waals surface area contributed by atoms with Crippen LogP contribution in [-0.2, 0) is 4.79 Å². The maximum absolute atomic E-state index is 13.6. The molecule has 4 aromatic rings. The number of nitrogens with zero attached hydrogens (tertiary/aromatic N) is 2. The highest BCUT2D eigenvalue weighted by Gasteiger charge is 2.39. The Labute approximate surface area is 181 Å². The molecule has 0 unspecified atom stereocenters. The van der Waals surface area contributed by atoms with Gasteiger partial charge in [0.05, 0.1) is 17.1 Å². The molecule has 6 rings (SSSR count). The summed E-state index contributed by atoms with van der Waals surface area (Å²) in [6.45, 7) is 2.09. The molecule has 0 bridgehead atoms. The van der Waals surface area contributed by atoms with Crippen molar-refractivity contribution in [2.24, 2.45) is 0 Å². The second-order valence-corrected chi connectivity index (χ2v) is 8.56. The van der Waals surface area contributed by atoms with Crippen molar-refractivity contribution < 1.29 is 4.79 Å². The number of benzene rings is 3. The molecule has 0 fully saturated rings. The van der Waals surface area contributed by atoms with Crippen LogP contribution in [0.2, 0.25) is 0 Å². The van der Waals surface area contributed by atoms with E-state index < -0.39 is 0 Å². The number of para-hydroxylation sites is 2. The third-order valence-corrected chi connectivity index (χ3v) is 6.56. The van der Waals surface area contributed by atoms with E-state index in [1.807, 2.05) is 36.4 Å². The van der Waals surface area contributed by atoms with Crippen molar-refractivity contribution >= 4 is 22.8 Å². The molecule has 1 aromatic heterocycles. The first-order chi connectivity index (χ1) is 15.2. The van der Waals surface area contributed by atoms with E-state index in [1.54, 1.807) is 0 Å². The lowest BCUT2D eigenvalue weighted by Crippen LogP contribution is -2.33. The van der Waals surface area contributed by atoms with Gasteiger partial charge in [0.2, 0.25) is 5.95 Å². The van der Waals surface area contributed by atoms with Crippen LogP contribution >= 0.6 is 0 Å². The van der Waals surface area contributed by atoms with Crippen molar-refractivity contribution in [1.29, 1.82) is 0 Å². The zero-order valence-corrected chi connectivity index (χ0v) is 17.4. The van der Waals surface area contributed by atoms with Gasteiger partial charge in [-0.15, -0.1) is 0 Å². The van der Waals surface area contributed by atoms with Crippen LogP contribution in [0.15, 0.2) is 90.1 Å². The van der Waals surface area contributed by atoms with Crippen LogP contribution in [0.25, 0.3) is 11.0 Å². The number of Topliss-reactive ketones (excluding diaryl/α,β-unsaturated/α-hetero) is 1. The molecule has 2 heterocycles. The van der Waals surface area contributed by atoms with Gasteiger partial charge in [0.1, 0.15) is 0 Å². The maximum Gasteiger partial charge on any atom is 0.209 e. The number of fused-ring (bicyclic) bond motifs is 3. The summed E-state index contributed by atoms with van der Waals surface area (Å²) in [6.07, 6.45) is 1.35. The minimum atomic E-state index is -0.161. The number of nitrogens with one attached hydrogen (secondary N) is 1. The zero-order chi connectivity index (χ0) is 20.9. The third-order valence-electron chi connectivity index (χ3n) is 6.56. The molecule has 0 amide bonds. The number of allylic oxidation sites excluding steroid dienone is 2. The first-order valence-corrected chi connectivity index (χ1v) is 10.8. The molecule has 0 saturated carbocycles. The van der Waals surface area contributed by atoms with E-state index in [0.717, 1.165) is 40.2 Å². The number of carbonyl (C=O) groups is 1. The monoisotopic (exact) mass is 405 g/mol. The van der Waals surface area contributed by atoms with Crippen LogP contribution in [0.1, 0.15) is 41.5 Å². The molecule has 1 N–H and O–H groups in total. The van der Waals surface area contributed by atoms with Crippen molar-refractivity contribution in [2.45, 2.75) is 31.7 Å². The lowest BCUT2D eigenvalue weighted by atomic mass is 9.77. The van der Waals surface area contributed by atoms with Crippen molar-refractivity contribution in [3.05, 3.63) is 107 Å². The maximum atomic E-state index is 13.6. The molecule has 3 aromatic carbocycles. The Kier molecular flexibility index (Phi) is 4.06. The van der Waals surface area contributed by atoms with Crippen molar-refractivity contribution in [1.82, 2.24) is 9.55 Å². The number of aromatic nitrogens is 2. The largest absolute Gasteiger partial charge is 0.329 e. The van der Waals surface area contributed by atoms with Gasteiger partial charge in [-0.2, -0.15) is 0 Å². The highest BCUT2D eigenvalue weighted by Crippen LogP contribution is 2.45. The summed E-state index contributed by atoms with van der Waals surface area (Å²) in [7, 11) is 0. The minimum absolute atomic E-state index is 0.161. The Morgan fingerprint density at radius 1 is 0.871 bits per heavy atom. The number of imidazole rings is 1. The normalized spacial score (nSPS) is 20.4. The number of aryl methyl sites for hydroxylation is 1. The number of rotatable bonds is 2. The van der Waals surface area contributed by atoms with E-state index >= 15 is 0 Å². The van der Waals surface area contributed by atoms with E-state index in [-0.39, 0.29) is 17.7 Å². The summed E-state index contributed by atoms with van der Waals surface area (Å²) in [5, 5.41) is 3.54. The summed E-state index contributed by atoms with van der Waals surface area (Å²) < 4.78 is 2.19. The molecule has 1 aliphatic heterocycles. The molecular weight excluding hydrogens is 382 g/mol. The van der Waals surface area contributed by atoms with Gasteiger partial charge in [-0.05, 0) is 42.5 Å². The van der Waals surface area contributed by atoms with Gasteiger partial charge in [-0.25, -0.2) is 4.98 Å². The molecule has 152 valence electrons. The Balaban J connectivity index is 1.51. The van der Waals surface area contributed by atoms with Crippen LogP contribution in [0.4, 0.5) is 5.95 Å². The lowest BCUT2D eigenvalue weighted by molar-refractivity contribution is -0.116. The van der Waals surface area contributed by atoms with Crippen molar-refractivity contribution in [3.63, 3.8) is 0 Å². The smallest absolute Gasteiger partial charge is 0.209 e. The molecule has 4 heteroatoms. The average molecular weight is 406 g/mol. The number of anilines is 1. The molecule has 2 atom stereocenters. The summed E-state index contributed by atoms with van der Waals surface area (Å²) in [5.41, 5.74) is 7.45. The Bertz CT molecular complexity index is 1330. The topological polar surface area (TPSA) is 46.9 Å². The molecule has 0 spiro atoms. The fraction of sp³-hybridized carbons (Fsp3) is 0.185. The van der Waals surface area contributed by atoms with E-state index in [4.69, 9.17) is 4.98 Å². The van der Waals surface area contributed by atoms with Crippen LogP contribution in [0.5, 0.6) is 0 Å². The summed E-state index contributed by atoms with van der Waals surface area (Å²) >= 11 is 0. The summed E-state index contributed by atoms with van der Waals surface area (Å²) in [4.78, 5) is 18.5. The van der Waals surface area contributed by atoms with Gasteiger partial charge in [0.15, 0.2) is 5.78 Å². The van der Waals surface area contributed by atoms with Gasteiger partial charge in [0, 0.05) is 17.7 Å². The quantitative estimate of drug-likeness (QED) is 0.461. The summed E-state index contributed by atoms with van der Waals surface area (Å²) in [6, 6.07) is 26.9. The lowest BCUT2D eigenvalue weighted by Gasteiger charge is -2.36. The number of carbonyl (C=O) groups excluding carboxylic acids is 1. The van der Waals surface area contributed by atoms with Gasteiger partial charge >= 0.3 is 0 Å². The molecule has 0 radical (unpaired) electrons. The number of ketones is 1. The van der Waals surface area contributed by atoms with E-state index in [1.165, 1.54) is 11.1 Å². The number of hydrogen-bond donors (Lipinski definition) is 1. The van der Waals surface area contributed by atoms with Crippen molar-refractivity contribution in [3.8, 4) is 0 Å². The molecular formula is C27H23N3O. The van der Waals surface area contributed by atoms with Gasteiger partial charge < -0.3 is 5.32 Å². The van der Waals surface area contributed by atoms with Crippen molar-refractivity contribution in [2.75, 3.05) is 5.32 Å². The van der Waals surface area contributed by atoms with Gasteiger partial charge in [-0.1, -0.05) is 72.3 Å². The second kappa shape index (κ2) is 6.95. The molecule has 2 aliphatic rings. The fourth-order valence-electron chi connectivity index (χ4n) is 5.05. The predicted molar refractivity (Wildman–Crippen MR) is 123 cm³/mol. The first-order valence-electron chi connectivity index (χ1n) is 10.8. The first kappa shape index (κ1) is 18.1.